The molecule has 1 rings (SSSR count). The van der Waals surface area contributed by atoms with Crippen LogP contribution in [0.25, 0.3) is 0 Å². The Morgan fingerprint density at radius 1 is 1.17 bits per heavy atom. The predicted octanol–water partition coefficient (Wildman–Crippen LogP) is 2.56. The summed E-state index contributed by atoms with van der Waals surface area (Å²) < 4.78 is 5.66. The van der Waals surface area contributed by atoms with Gasteiger partial charge in [0.1, 0.15) is 29.8 Å². The van der Waals surface area contributed by atoms with E-state index in [0.29, 0.717) is 0 Å². The van der Waals surface area contributed by atoms with Gasteiger partial charge in [-0.15, -0.1) is 0 Å². The lowest BCUT2D eigenvalue weighted by Gasteiger charge is -2.07. The van der Waals surface area contributed by atoms with Crippen LogP contribution in [0.4, 0.5) is 0 Å². The molecule has 0 saturated carbocycles. The fourth-order valence-electron chi connectivity index (χ4n) is 1.07. The Hall–Kier alpha value is -0.470. The monoisotopic (exact) mass is 183 g/mol. The largest absolute Gasteiger partial charge is 0.167 e. The molecule has 0 heterocycles. The summed E-state index contributed by atoms with van der Waals surface area (Å²) >= 11 is 0.0538. The molecule has 2 heteroatoms. The molecule has 0 N–H and O–H groups in total. The van der Waals surface area contributed by atoms with Crippen molar-refractivity contribution in [2.45, 2.75) is 13.0 Å². The van der Waals surface area contributed by atoms with Crippen LogP contribution in [-0.2, 0) is 15.4 Å². The first kappa shape index (κ1) is 9.62. The predicted molar refractivity (Wildman–Crippen MR) is 55.2 cm³/mol. The van der Waals surface area contributed by atoms with Crippen molar-refractivity contribution in [2.24, 2.45) is 0 Å². The Bertz CT molecular complexity index is 221. The highest BCUT2D eigenvalue weighted by Crippen LogP contribution is 2.17. The molecule has 0 spiro atoms. The van der Waals surface area contributed by atoms with Crippen molar-refractivity contribution < 1.29 is 4.18 Å². The molecule has 0 aromatic heterocycles. The van der Waals surface area contributed by atoms with E-state index in [1.54, 1.807) is 0 Å². The summed E-state index contributed by atoms with van der Waals surface area (Å²) in [6.45, 7) is 2.09. The fourth-order valence-corrected chi connectivity index (χ4v) is 1.76. The van der Waals surface area contributed by atoms with Gasteiger partial charge in [0, 0.05) is 0 Å². The van der Waals surface area contributed by atoms with E-state index in [9.17, 15) is 0 Å². The Labute approximate surface area is 77.3 Å². The second-order valence-electron chi connectivity index (χ2n) is 2.89. The maximum atomic E-state index is 5.66. The molecule has 1 atom stereocenters. The maximum absolute atomic E-state index is 5.66. The van der Waals surface area contributed by atoms with Gasteiger partial charge in [-0.25, -0.2) is 0 Å². The highest BCUT2D eigenvalue weighted by molar-refractivity contribution is 7.90. The van der Waals surface area contributed by atoms with Gasteiger partial charge in [-0.1, -0.05) is 30.3 Å². The minimum absolute atomic E-state index is 0.0538. The Morgan fingerprint density at radius 3 is 2.25 bits per heavy atom. The van der Waals surface area contributed by atoms with E-state index in [-0.39, 0.29) is 17.3 Å². The van der Waals surface area contributed by atoms with Crippen LogP contribution in [0.1, 0.15) is 18.6 Å². The van der Waals surface area contributed by atoms with E-state index in [1.165, 1.54) is 5.56 Å². The van der Waals surface area contributed by atoms with E-state index in [0.717, 1.165) is 0 Å². The molecule has 0 radical (unpaired) electrons. The molecule has 0 fully saturated rings. The zero-order chi connectivity index (χ0) is 8.97. The summed E-state index contributed by atoms with van der Waals surface area (Å²) in [4.78, 5) is 0. The summed E-state index contributed by atoms with van der Waals surface area (Å²) in [6, 6.07) is 10.3. The number of rotatable bonds is 3. The molecule has 0 saturated heterocycles. The van der Waals surface area contributed by atoms with Crippen LogP contribution in [0, 0.1) is 0 Å². The zero-order valence-corrected chi connectivity index (χ0v) is 8.60. The van der Waals surface area contributed by atoms with E-state index < -0.39 is 0 Å². The van der Waals surface area contributed by atoms with Gasteiger partial charge in [0.05, 0.1) is 0 Å². The van der Waals surface area contributed by atoms with Crippen molar-refractivity contribution in [3.63, 3.8) is 0 Å². The van der Waals surface area contributed by atoms with Gasteiger partial charge >= 0.3 is 0 Å². The zero-order valence-electron chi connectivity index (χ0n) is 7.78. The van der Waals surface area contributed by atoms with Gasteiger partial charge in [-0.05, 0) is 12.5 Å². The first-order chi connectivity index (χ1) is 5.70. The second-order valence-corrected chi connectivity index (χ2v) is 4.57. The average molecular weight is 183 g/mol. The molecule has 0 aliphatic heterocycles. The highest BCUT2D eigenvalue weighted by atomic mass is 32.2. The van der Waals surface area contributed by atoms with E-state index >= 15 is 0 Å². The Morgan fingerprint density at radius 2 is 1.75 bits per heavy atom. The molecule has 1 nitrogen and oxygen atoms in total. The summed E-state index contributed by atoms with van der Waals surface area (Å²) in [5.74, 6) is 0. The first-order valence-electron chi connectivity index (χ1n) is 4.00. The topological polar surface area (TPSA) is 9.23 Å². The van der Waals surface area contributed by atoms with Crippen LogP contribution >= 0.6 is 0 Å². The van der Waals surface area contributed by atoms with Crippen LogP contribution in [0.2, 0.25) is 0 Å². The summed E-state index contributed by atoms with van der Waals surface area (Å²) in [6.07, 6.45) is 4.38. The first-order valence-corrected chi connectivity index (χ1v) is 5.96. The Kier molecular flexibility index (Phi) is 3.63. The van der Waals surface area contributed by atoms with Gasteiger partial charge in [0.25, 0.3) is 0 Å². The smallest absolute Gasteiger partial charge is 0.141 e. The maximum Gasteiger partial charge on any atom is 0.141 e. The summed E-state index contributed by atoms with van der Waals surface area (Å²) in [5.41, 5.74) is 1.25. The molecular weight excluding hydrogens is 168 g/mol. The quantitative estimate of drug-likeness (QED) is 0.654. The van der Waals surface area contributed by atoms with Crippen LogP contribution in [0.15, 0.2) is 30.3 Å². The van der Waals surface area contributed by atoms with Gasteiger partial charge < -0.3 is 0 Å². The summed E-state index contributed by atoms with van der Waals surface area (Å²) in [5, 5.41) is 0. The van der Waals surface area contributed by atoms with Crippen LogP contribution < -0.4 is 0 Å². The van der Waals surface area contributed by atoms with Crippen molar-refractivity contribution in [1.29, 1.82) is 0 Å². The third kappa shape index (κ3) is 2.88. The normalized spacial score (nSPS) is 13.3. The van der Waals surface area contributed by atoms with Crippen molar-refractivity contribution in [2.75, 3.05) is 12.5 Å². The van der Waals surface area contributed by atoms with Crippen LogP contribution in [0.5, 0.6) is 0 Å². The van der Waals surface area contributed by atoms with Crippen molar-refractivity contribution in [1.82, 2.24) is 0 Å². The third-order valence-corrected chi connectivity index (χ3v) is 2.28. The minimum atomic E-state index is 0.0538. The molecule has 12 heavy (non-hydrogen) atoms. The van der Waals surface area contributed by atoms with E-state index in [4.69, 9.17) is 4.18 Å². The van der Waals surface area contributed by atoms with Crippen LogP contribution in [0.3, 0.4) is 0 Å². The molecule has 0 aliphatic rings. The lowest BCUT2D eigenvalue weighted by Crippen LogP contribution is -2.06. The average Bonchev–Trinajstić information content (AvgIpc) is 2.05. The van der Waals surface area contributed by atoms with E-state index in [2.05, 4.69) is 31.6 Å². The minimum Gasteiger partial charge on any atom is -0.167 e. The van der Waals surface area contributed by atoms with Gasteiger partial charge in [-0.2, -0.15) is 4.18 Å². The molecule has 1 unspecified atom stereocenters. The molecular formula is C10H15OS+. The standard InChI is InChI=1S/C10H15OS/c1-9(11-12(2)3)10-7-5-4-6-8-10/h4-9H,1-3H3/q+1. The SMILES string of the molecule is CC(O[S+](C)C)c1ccccc1. The number of benzene rings is 1. The molecule has 66 valence electrons. The van der Waals surface area contributed by atoms with Crippen LogP contribution in [-0.4, -0.2) is 12.5 Å². The highest BCUT2D eigenvalue weighted by Gasteiger charge is 2.13. The molecule has 0 bridgehead atoms. The van der Waals surface area contributed by atoms with Crippen molar-refractivity contribution in [3.8, 4) is 0 Å². The van der Waals surface area contributed by atoms with Crippen molar-refractivity contribution in [3.05, 3.63) is 35.9 Å². The van der Waals surface area contributed by atoms with Gasteiger partial charge in [-0.3, -0.25) is 0 Å². The fraction of sp³-hybridized carbons (Fsp3) is 0.400. The number of hydrogen-bond donors (Lipinski definition) is 0. The third-order valence-electron chi connectivity index (χ3n) is 1.61. The molecule has 1 aromatic rings. The van der Waals surface area contributed by atoms with E-state index in [1.807, 2.05) is 18.2 Å². The summed E-state index contributed by atoms with van der Waals surface area (Å²) in [7, 11) is 0. The van der Waals surface area contributed by atoms with Crippen molar-refractivity contribution >= 4 is 11.2 Å². The van der Waals surface area contributed by atoms with Gasteiger partial charge in [0.15, 0.2) is 0 Å². The Balaban J connectivity index is 2.59. The molecule has 0 amide bonds. The molecule has 1 aromatic carbocycles. The second kappa shape index (κ2) is 4.53. The lowest BCUT2D eigenvalue weighted by molar-refractivity contribution is 0.265. The van der Waals surface area contributed by atoms with Gasteiger partial charge in [0.2, 0.25) is 0 Å². The molecule has 0 aliphatic carbocycles. The lowest BCUT2D eigenvalue weighted by atomic mass is 10.1. The number of hydrogen-bond acceptors (Lipinski definition) is 1.